The molecule has 1 saturated heterocycles. The summed E-state index contributed by atoms with van der Waals surface area (Å²) in [5.74, 6) is -0.613. The fourth-order valence-electron chi connectivity index (χ4n) is 2.19. The van der Waals surface area contributed by atoms with E-state index in [2.05, 4.69) is 4.99 Å². The normalized spacial score (nSPS) is 22.9. The SMILES string of the molecule is CCC(C)C(=O)N=C1C(=O)N(c2ccccc2)N(C)C1C. The summed E-state index contributed by atoms with van der Waals surface area (Å²) >= 11 is 0. The maximum atomic E-state index is 12.6. The molecule has 1 aromatic carbocycles. The number of benzene rings is 1. The first-order valence-electron chi connectivity index (χ1n) is 7.22. The van der Waals surface area contributed by atoms with Crippen LogP contribution in [0.2, 0.25) is 0 Å². The first-order chi connectivity index (χ1) is 9.97. The van der Waals surface area contributed by atoms with Crippen molar-refractivity contribution < 1.29 is 9.59 Å². The van der Waals surface area contributed by atoms with E-state index in [1.807, 2.05) is 58.2 Å². The Morgan fingerprint density at radius 3 is 2.52 bits per heavy atom. The number of nitrogens with zero attached hydrogens (tertiary/aromatic N) is 3. The molecule has 1 aromatic rings. The minimum Gasteiger partial charge on any atom is -0.272 e. The van der Waals surface area contributed by atoms with Crippen molar-refractivity contribution >= 4 is 23.2 Å². The highest BCUT2D eigenvalue weighted by Crippen LogP contribution is 2.24. The number of anilines is 1. The van der Waals surface area contributed by atoms with E-state index in [0.29, 0.717) is 5.71 Å². The zero-order chi connectivity index (χ0) is 15.6. The van der Waals surface area contributed by atoms with Crippen molar-refractivity contribution in [1.82, 2.24) is 5.01 Å². The summed E-state index contributed by atoms with van der Waals surface area (Å²) < 4.78 is 0. The Kier molecular flexibility index (Phi) is 4.53. The van der Waals surface area contributed by atoms with Crippen LogP contribution in [0, 0.1) is 5.92 Å². The number of hydrogen-bond donors (Lipinski definition) is 0. The molecule has 1 aliphatic rings. The quantitative estimate of drug-likeness (QED) is 0.857. The number of rotatable bonds is 3. The summed E-state index contributed by atoms with van der Waals surface area (Å²) in [4.78, 5) is 28.6. The lowest BCUT2D eigenvalue weighted by molar-refractivity contribution is -0.121. The fraction of sp³-hybridized carbons (Fsp3) is 0.438. The largest absolute Gasteiger partial charge is 0.289 e. The summed E-state index contributed by atoms with van der Waals surface area (Å²) in [5, 5.41) is 3.37. The molecule has 1 aliphatic heterocycles. The average Bonchev–Trinajstić information content (AvgIpc) is 2.71. The van der Waals surface area contributed by atoms with Gasteiger partial charge in [0.15, 0.2) is 0 Å². The smallest absolute Gasteiger partial charge is 0.272 e. The molecule has 1 heterocycles. The van der Waals surface area contributed by atoms with Crippen LogP contribution in [-0.2, 0) is 9.59 Å². The van der Waals surface area contributed by atoms with Gasteiger partial charge in [0.2, 0.25) is 5.91 Å². The van der Waals surface area contributed by atoms with Crippen LogP contribution in [-0.4, -0.2) is 35.6 Å². The first kappa shape index (κ1) is 15.4. The molecule has 21 heavy (non-hydrogen) atoms. The van der Waals surface area contributed by atoms with E-state index in [9.17, 15) is 9.59 Å². The van der Waals surface area contributed by atoms with Crippen LogP contribution in [0.1, 0.15) is 27.2 Å². The number of hydrogen-bond acceptors (Lipinski definition) is 3. The van der Waals surface area contributed by atoms with E-state index >= 15 is 0 Å². The Morgan fingerprint density at radius 1 is 1.33 bits per heavy atom. The van der Waals surface area contributed by atoms with Crippen LogP contribution in [0.3, 0.4) is 0 Å². The van der Waals surface area contributed by atoms with Gasteiger partial charge >= 0.3 is 0 Å². The van der Waals surface area contributed by atoms with Crippen LogP contribution in [0.4, 0.5) is 5.69 Å². The number of para-hydroxylation sites is 1. The Hall–Kier alpha value is -2.01. The van der Waals surface area contributed by atoms with Crippen LogP contribution in [0.5, 0.6) is 0 Å². The highest BCUT2D eigenvalue weighted by Gasteiger charge is 2.40. The maximum absolute atomic E-state index is 12.6. The molecule has 2 rings (SSSR count). The molecule has 112 valence electrons. The number of amides is 2. The molecule has 2 amide bonds. The molecule has 0 radical (unpaired) electrons. The topological polar surface area (TPSA) is 53.0 Å². The molecule has 0 saturated carbocycles. The van der Waals surface area contributed by atoms with Crippen molar-refractivity contribution in [2.75, 3.05) is 12.1 Å². The van der Waals surface area contributed by atoms with E-state index < -0.39 is 0 Å². The van der Waals surface area contributed by atoms with Crippen molar-refractivity contribution in [3.8, 4) is 0 Å². The highest BCUT2D eigenvalue weighted by atomic mass is 16.2. The van der Waals surface area contributed by atoms with Crippen LogP contribution < -0.4 is 5.01 Å². The molecule has 0 spiro atoms. The van der Waals surface area contributed by atoms with E-state index in [1.165, 1.54) is 0 Å². The van der Waals surface area contributed by atoms with Gasteiger partial charge in [-0.05, 0) is 25.5 Å². The monoisotopic (exact) mass is 287 g/mol. The van der Waals surface area contributed by atoms with Crippen LogP contribution in [0.25, 0.3) is 0 Å². The van der Waals surface area contributed by atoms with Gasteiger partial charge < -0.3 is 0 Å². The number of carbonyl (C=O) groups excluding carboxylic acids is 2. The second-order valence-corrected chi connectivity index (χ2v) is 5.35. The fourth-order valence-corrected chi connectivity index (χ4v) is 2.19. The summed E-state index contributed by atoms with van der Waals surface area (Å²) in [7, 11) is 1.83. The molecule has 2 unspecified atom stereocenters. The Balaban J connectivity index is 2.33. The summed E-state index contributed by atoms with van der Waals surface area (Å²) in [6.45, 7) is 5.64. The third kappa shape index (κ3) is 2.88. The molecule has 2 atom stereocenters. The van der Waals surface area contributed by atoms with Gasteiger partial charge in [-0.3, -0.25) is 9.59 Å². The van der Waals surface area contributed by atoms with Gasteiger partial charge in [-0.1, -0.05) is 32.0 Å². The molecule has 1 fully saturated rings. The molecule has 0 N–H and O–H groups in total. The van der Waals surface area contributed by atoms with Gasteiger partial charge in [-0.15, -0.1) is 0 Å². The zero-order valence-electron chi connectivity index (χ0n) is 12.9. The summed E-state index contributed by atoms with van der Waals surface area (Å²) in [6.07, 6.45) is 0.719. The molecule has 5 nitrogen and oxygen atoms in total. The summed E-state index contributed by atoms with van der Waals surface area (Å²) in [5.41, 5.74) is 1.09. The number of carbonyl (C=O) groups is 2. The number of aliphatic imine (C=N–C) groups is 1. The van der Waals surface area contributed by atoms with Crippen molar-refractivity contribution in [3.05, 3.63) is 30.3 Å². The minimum atomic E-state index is -0.229. The van der Waals surface area contributed by atoms with E-state index in [1.54, 1.807) is 10.0 Å². The molecule has 0 bridgehead atoms. The lowest BCUT2D eigenvalue weighted by Crippen LogP contribution is -2.38. The van der Waals surface area contributed by atoms with Gasteiger partial charge in [0.25, 0.3) is 5.91 Å². The Labute approximate surface area is 125 Å². The predicted octanol–water partition coefficient (Wildman–Crippen LogP) is 2.28. The second-order valence-electron chi connectivity index (χ2n) is 5.35. The molecule has 0 aromatic heterocycles. The maximum Gasteiger partial charge on any atom is 0.289 e. The van der Waals surface area contributed by atoms with Gasteiger partial charge in [0.1, 0.15) is 5.71 Å². The van der Waals surface area contributed by atoms with Crippen molar-refractivity contribution in [3.63, 3.8) is 0 Å². The molecule has 5 heteroatoms. The molecular weight excluding hydrogens is 266 g/mol. The summed E-state index contributed by atoms with van der Waals surface area (Å²) in [6, 6.07) is 9.16. The van der Waals surface area contributed by atoms with Gasteiger partial charge in [-0.2, -0.15) is 0 Å². The van der Waals surface area contributed by atoms with E-state index in [0.717, 1.165) is 12.1 Å². The number of hydrazine groups is 1. The van der Waals surface area contributed by atoms with Crippen molar-refractivity contribution in [2.45, 2.75) is 33.2 Å². The zero-order valence-corrected chi connectivity index (χ0v) is 12.9. The first-order valence-corrected chi connectivity index (χ1v) is 7.22. The lowest BCUT2D eigenvalue weighted by Gasteiger charge is -2.25. The van der Waals surface area contributed by atoms with E-state index in [4.69, 9.17) is 0 Å². The second kappa shape index (κ2) is 6.18. The average molecular weight is 287 g/mol. The van der Waals surface area contributed by atoms with Crippen LogP contribution >= 0.6 is 0 Å². The minimum absolute atomic E-state index is 0.159. The Bertz CT molecular complexity index is 568. The van der Waals surface area contributed by atoms with Gasteiger partial charge in [0, 0.05) is 13.0 Å². The van der Waals surface area contributed by atoms with Gasteiger partial charge in [0.05, 0.1) is 11.7 Å². The lowest BCUT2D eigenvalue weighted by atomic mass is 10.1. The van der Waals surface area contributed by atoms with Crippen LogP contribution in [0.15, 0.2) is 35.3 Å². The van der Waals surface area contributed by atoms with E-state index in [-0.39, 0.29) is 23.8 Å². The molecule has 0 aliphatic carbocycles. The van der Waals surface area contributed by atoms with Crippen molar-refractivity contribution in [2.24, 2.45) is 10.9 Å². The third-order valence-corrected chi connectivity index (χ3v) is 3.95. The predicted molar refractivity (Wildman–Crippen MR) is 83.1 cm³/mol. The standard InChI is InChI=1S/C16H21N3O2/c1-5-11(2)15(20)17-14-12(3)18(4)19(16(14)21)13-9-7-6-8-10-13/h6-12H,5H2,1-4H3. The van der Waals surface area contributed by atoms with Gasteiger partial charge in [-0.25, -0.2) is 15.0 Å². The highest BCUT2D eigenvalue weighted by molar-refractivity contribution is 6.48. The molecular formula is C16H21N3O2. The van der Waals surface area contributed by atoms with Crippen molar-refractivity contribution in [1.29, 1.82) is 0 Å². The Morgan fingerprint density at radius 2 is 1.95 bits per heavy atom. The third-order valence-electron chi connectivity index (χ3n) is 3.95.